The minimum absolute atomic E-state index is 0.000327. The molecule has 0 radical (unpaired) electrons. The first-order valence-electron chi connectivity index (χ1n) is 7.92. The molecule has 2 aromatic carbocycles. The van der Waals surface area contributed by atoms with Crippen LogP contribution in [0.2, 0.25) is 5.02 Å². The molecule has 12 heteroatoms. The van der Waals surface area contributed by atoms with Crippen molar-refractivity contribution < 1.29 is 21.6 Å². The van der Waals surface area contributed by atoms with E-state index >= 15 is 0 Å². The predicted octanol–water partition coefficient (Wildman–Crippen LogP) is 2.83. The van der Waals surface area contributed by atoms with E-state index in [4.69, 9.17) is 11.6 Å². The number of nitrogens with one attached hydrogen (secondary N) is 3. The average molecular weight is 472 g/mol. The van der Waals surface area contributed by atoms with Crippen molar-refractivity contribution in [3.8, 4) is 0 Å². The lowest BCUT2D eigenvalue weighted by Gasteiger charge is -2.13. The van der Waals surface area contributed by atoms with E-state index in [1.165, 1.54) is 48.5 Å². The minimum Gasteiger partial charge on any atom is -0.278 e. The van der Waals surface area contributed by atoms with Crippen LogP contribution in [0.4, 0.5) is 5.69 Å². The molecule has 0 unspecified atom stereocenters. The van der Waals surface area contributed by atoms with Gasteiger partial charge < -0.3 is 0 Å². The van der Waals surface area contributed by atoms with Crippen LogP contribution in [0.5, 0.6) is 0 Å². The number of amides is 1. The van der Waals surface area contributed by atoms with Crippen LogP contribution in [0.25, 0.3) is 0 Å². The highest BCUT2D eigenvalue weighted by Crippen LogP contribution is 2.23. The maximum absolute atomic E-state index is 12.5. The fourth-order valence-electron chi connectivity index (χ4n) is 2.26. The third-order valence-electron chi connectivity index (χ3n) is 3.58. The number of thiophene rings is 1. The maximum Gasteiger partial charge on any atom is 0.271 e. The molecule has 0 saturated carbocycles. The molecule has 8 nitrogen and oxygen atoms in total. The summed E-state index contributed by atoms with van der Waals surface area (Å²) in [5, 5.41) is 1.82. The van der Waals surface area contributed by atoms with Gasteiger partial charge in [0.25, 0.3) is 26.0 Å². The van der Waals surface area contributed by atoms with Gasteiger partial charge in [-0.2, -0.15) is 0 Å². The Balaban J connectivity index is 1.79. The minimum atomic E-state index is -4.07. The number of sulfonamides is 2. The van der Waals surface area contributed by atoms with Gasteiger partial charge in [-0.15, -0.1) is 16.2 Å². The van der Waals surface area contributed by atoms with E-state index < -0.39 is 26.0 Å². The Labute approximate surface area is 176 Å². The van der Waals surface area contributed by atoms with Crippen LogP contribution in [0.3, 0.4) is 0 Å². The summed E-state index contributed by atoms with van der Waals surface area (Å²) >= 11 is 6.81. The van der Waals surface area contributed by atoms with Gasteiger partial charge in [-0.1, -0.05) is 35.9 Å². The van der Waals surface area contributed by atoms with E-state index in [1.807, 2.05) is 4.83 Å². The van der Waals surface area contributed by atoms with Crippen molar-refractivity contribution in [2.24, 2.45) is 0 Å². The molecule has 0 aliphatic heterocycles. The van der Waals surface area contributed by atoms with Gasteiger partial charge in [-0.3, -0.25) is 14.9 Å². The monoisotopic (exact) mass is 471 g/mol. The number of anilines is 1. The van der Waals surface area contributed by atoms with Gasteiger partial charge >= 0.3 is 0 Å². The fourth-order valence-corrected chi connectivity index (χ4v) is 5.47. The third-order valence-corrected chi connectivity index (χ3v) is 7.82. The van der Waals surface area contributed by atoms with E-state index in [0.717, 1.165) is 11.3 Å². The van der Waals surface area contributed by atoms with E-state index in [2.05, 4.69) is 10.1 Å². The lowest BCUT2D eigenvalue weighted by molar-refractivity contribution is 0.0946. The third kappa shape index (κ3) is 5.14. The summed E-state index contributed by atoms with van der Waals surface area (Å²) < 4.78 is 51.8. The lowest BCUT2D eigenvalue weighted by atomic mass is 10.2. The first-order chi connectivity index (χ1) is 13.7. The summed E-state index contributed by atoms with van der Waals surface area (Å²) in [4.78, 5) is 14.3. The zero-order chi connectivity index (χ0) is 21.1. The van der Waals surface area contributed by atoms with E-state index in [9.17, 15) is 21.6 Å². The molecule has 0 fully saturated rings. The molecule has 3 rings (SSSR count). The Morgan fingerprint density at radius 3 is 2.34 bits per heavy atom. The van der Waals surface area contributed by atoms with Gasteiger partial charge in [0.1, 0.15) is 4.21 Å². The van der Waals surface area contributed by atoms with Crippen LogP contribution in [0.15, 0.2) is 75.1 Å². The van der Waals surface area contributed by atoms with Crippen LogP contribution in [-0.2, 0) is 20.0 Å². The molecular formula is C17H14ClN3O5S3. The largest absolute Gasteiger partial charge is 0.278 e. The molecule has 0 aliphatic rings. The van der Waals surface area contributed by atoms with Gasteiger partial charge in [0, 0.05) is 5.02 Å². The van der Waals surface area contributed by atoms with Crippen molar-refractivity contribution >= 4 is 54.6 Å². The van der Waals surface area contributed by atoms with Crippen LogP contribution in [0, 0.1) is 0 Å². The molecule has 3 N–H and O–H groups in total. The van der Waals surface area contributed by atoms with Crippen molar-refractivity contribution in [3.05, 3.63) is 76.6 Å². The first kappa shape index (κ1) is 21.3. The molecule has 0 aliphatic carbocycles. The predicted molar refractivity (Wildman–Crippen MR) is 111 cm³/mol. The van der Waals surface area contributed by atoms with E-state index in [-0.39, 0.29) is 25.4 Å². The van der Waals surface area contributed by atoms with Crippen LogP contribution < -0.4 is 15.0 Å². The highest BCUT2D eigenvalue weighted by Gasteiger charge is 2.21. The second-order valence-corrected chi connectivity index (χ2v) is 10.6. The highest BCUT2D eigenvalue weighted by atomic mass is 35.5. The molecule has 0 spiro atoms. The van der Waals surface area contributed by atoms with Gasteiger partial charge in [0.15, 0.2) is 0 Å². The summed E-state index contributed by atoms with van der Waals surface area (Å²) in [6, 6.07) is 14.3. The second-order valence-electron chi connectivity index (χ2n) is 5.60. The Hall–Kier alpha value is -2.44. The maximum atomic E-state index is 12.5. The van der Waals surface area contributed by atoms with Crippen molar-refractivity contribution in [2.75, 3.05) is 4.72 Å². The molecule has 0 saturated heterocycles. The van der Waals surface area contributed by atoms with Gasteiger partial charge in [-0.25, -0.2) is 16.8 Å². The zero-order valence-electron chi connectivity index (χ0n) is 14.5. The van der Waals surface area contributed by atoms with E-state index in [0.29, 0.717) is 0 Å². The summed E-state index contributed by atoms with van der Waals surface area (Å²) in [6.45, 7) is 0. The average Bonchev–Trinajstić information content (AvgIpc) is 3.22. The number of carbonyl (C=O) groups excluding carboxylic acids is 1. The molecule has 1 amide bonds. The molecular weight excluding hydrogens is 458 g/mol. The summed E-state index contributed by atoms with van der Waals surface area (Å²) in [7, 11) is -7.95. The van der Waals surface area contributed by atoms with Crippen molar-refractivity contribution in [2.45, 2.75) is 9.10 Å². The molecule has 1 aromatic heterocycles. The van der Waals surface area contributed by atoms with Crippen LogP contribution in [-0.4, -0.2) is 22.7 Å². The number of para-hydroxylation sites is 1. The summed E-state index contributed by atoms with van der Waals surface area (Å²) in [5.41, 5.74) is 2.00. The molecule has 0 bridgehead atoms. The second kappa shape index (κ2) is 8.51. The number of hydrogen-bond acceptors (Lipinski definition) is 6. The quantitative estimate of drug-likeness (QED) is 0.457. The smallest absolute Gasteiger partial charge is 0.271 e. The number of rotatable bonds is 7. The van der Waals surface area contributed by atoms with Crippen LogP contribution >= 0.6 is 22.9 Å². The Morgan fingerprint density at radius 2 is 1.66 bits per heavy atom. The van der Waals surface area contributed by atoms with Crippen molar-refractivity contribution in [1.82, 2.24) is 10.3 Å². The Kier molecular flexibility index (Phi) is 6.24. The molecule has 0 atom stereocenters. The van der Waals surface area contributed by atoms with Crippen LogP contribution in [0.1, 0.15) is 10.4 Å². The standard InChI is InChI=1S/C17H14ClN3O5S3/c18-12-5-3-6-13(11-12)28(23,24)21-19-17(22)14-7-1-2-8-15(14)20-29(25,26)16-9-4-10-27-16/h1-11,20-21H,(H,19,22). The van der Waals surface area contributed by atoms with Gasteiger partial charge in [-0.05, 0) is 41.8 Å². The van der Waals surface area contributed by atoms with E-state index in [1.54, 1.807) is 17.5 Å². The molecule has 29 heavy (non-hydrogen) atoms. The molecule has 152 valence electrons. The van der Waals surface area contributed by atoms with Crippen molar-refractivity contribution in [3.63, 3.8) is 0 Å². The highest BCUT2D eigenvalue weighted by molar-refractivity contribution is 7.94. The molecule has 3 aromatic rings. The number of hydrogen-bond donors (Lipinski definition) is 3. The molecule has 1 heterocycles. The summed E-state index contributed by atoms with van der Waals surface area (Å²) in [6.07, 6.45) is 0. The lowest BCUT2D eigenvalue weighted by Crippen LogP contribution is -2.41. The first-order valence-corrected chi connectivity index (χ1v) is 12.1. The van der Waals surface area contributed by atoms with Gasteiger partial charge in [0.05, 0.1) is 16.1 Å². The normalized spacial score (nSPS) is 11.8. The summed E-state index contributed by atoms with van der Waals surface area (Å²) in [5.74, 6) is -0.847. The number of carbonyl (C=O) groups is 1. The number of benzene rings is 2. The zero-order valence-corrected chi connectivity index (χ0v) is 17.7. The fraction of sp³-hybridized carbons (Fsp3) is 0. The topological polar surface area (TPSA) is 121 Å². The Bertz CT molecular complexity index is 1240. The van der Waals surface area contributed by atoms with Crippen molar-refractivity contribution in [1.29, 1.82) is 0 Å². The SMILES string of the molecule is O=C(NNS(=O)(=O)c1cccc(Cl)c1)c1ccccc1NS(=O)(=O)c1cccs1. The Morgan fingerprint density at radius 1 is 0.897 bits per heavy atom. The van der Waals surface area contributed by atoms with Gasteiger partial charge in [0.2, 0.25) is 0 Å². The number of halogens is 1. The number of hydrazine groups is 1.